The van der Waals surface area contributed by atoms with E-state index in [1.54, 1.807) is 31.2 Å². The summed E-state index contributed by atoms with van der Waals surface area (Å²) in [6, 6.07) is 34.8. The van der Waals surface area contributed by atoms with Gasteiger partial charge in [0.05, 0.1) is 17.6 Å². The zero-order valence-electron chi connectivity index (χ0n) is 41.6. The van der Waals surface area contributed by atoms with Crippen molar-refractivity contribution in [2.24, 2.45) is 0 Å². The van der Waals surface area contributed by atoms with Gasteiger partial charge in [0, 0.05) is 62.5 Å². The number of nitrogens with one attached hydrogen (secondary N) is 2. The van der Waals surface area contributed by atoms with Crippen LogP contribution in [0.2, 0.25) is 0 Å². The second-order valence-electron chi connectivity index (χ2n) is 19.3. The number of benzene rings is 6. The van der Waals surface area contributed by atoms with Gasteiger partial charge in [0.1, 0.15) is 10.1 Å². The molecule has 72 heavy (non-hydrogen) atoms. The van der Waals surface area contributed by atoms with E-state index in [4.69, 9.17) is 0 Å². The van der Waals surface area contributed by atoms with Gasteiger partial charge < -0.3 is 35.3 Å². The minimum Gasteiger partial charge on any atom is -0.748 e. The molecule has 0 fully saturated rings. The minimum absolute atomic E-state index is 0.0705. The summed E-state index contributed by atoms with van der Waals surface area (Å²) in [6.07, 6.45) is 4.63. The van der Waals surface area contributed by atoms with Crippen LogP contribution in [0.3, 0.4) is 0 Å². The van der Waals surface area contributed by atoms with Crippen LogP contribution < -0.4 is 21.6 Å². The Morgan fingerprint density at radius 2 is 1.26 bits per heavy atom. The van der Waals surface area contributed by atoms with Crippen molar-refractivity contribution in [2.45, 2.75) is 65.2 Å². The quantitative estimate of drug-likeness (QED) is 0.0143. The summed E-state index contributed by atoms with van der Waals surface area (Å²) >= 11 is 0. The molecule has 0 spiro atoms. The predicted octanol–water partition coefficient (Wildman–Crippen LogP) is 3.99. The molecule has 0 aromatic heterocycles. The van der Waals surface area contributed by atoms with E-state index in [2.05, 4.69) is 51.3 Å². The Kier molecular flexibility index (Phi) is 17.2. The highest BCUT2D eigenvalue weighted by atomic mass is 32.2. The van der Waals surface area contributed by atoms with Crippen molar-refractivity contribution >= 4 is 86.1 Å². The number of allylic oxidation sites excluding steroid dienone is 1. The second-order valence-corrected chi connectivity index (χ2v) is 20.8. The fourth-order valence-corrected chi connectivity index (χ4v) is 10.2. The fraction of sp³-hybridized carbons (Fsp3) is 0.291. The Balaban J connectivity index is 1.25. The van der Waals surface area contributed by atoms with E-state index in [0.29, 0.717) is 62.2 Å². The third kappa shape index (κ3) is 12.8. The summed E-state index contributed by atoms with van der Waals surface area (Å²) in [4.78, 5) is 29.2. The molecule has 7 rings (SSSR count). The summed E-state index contributed by atoms with van der Waals surface area (Å²) in [5.74, 6) is -1.02. The van der Waals surface area contributed by atoms with Crippen LogP contribution in [0.5, 0.6) is 0 Å². The number of hydrogen-bond donors (Lipinski definition) is 6. The van der Waals surface area contributed by atoms with E-state index in [9.17, 15) is 42.7 Å². The molecule has 2 amide bonds. The van der Waals surface area contributed by atoms with Gasteiger partial charge in [-0.3, -0.25) is 19.4 Å². The smallest absolute Gasteiger partial charge is 0.488 e. The standard InChI is InChI=1S/C55H63B2N5O9S/c1-37(2)54(64)59-27-13-26-58-53(63)32-39-21-24-51-48(31-39)55(3,4)52(62(51)28-29-72(69,70)71)25-22-38-20-23-44-45(30-38)47(36-61(6)34-41-15-8-12-19-50(41)57(67)68)43-17-10-9-16-42(43)46(44)35-60(5)33-40-14-7-11-18-49(40)56(65)66/h7-12,14-25,30-31,65-68H,1,13,26-29,32-36H2,2-6H3,(H2-,58,59,63,64,69,70,71)/b25-22+. The predicted molar refractivity (Wildman–Crippen MR) is 286 cm³/mol. The molecule has 1 heterocycles. The van der Waals surface area contributed by atoms with Gasteiger partial charge in [0.15, 0.2) is 12.3 Å². The van der Waals surface area contributed by atoms with Crippen molar-refractivity contribution in [3.8, 4) is 0 Å². The van der Waals surface area contributed by atoms with Gasteiger partial charge in [0.25, 0.3) is 0 Å². The van der Waals surface area contributed by atoms with Crippen molar-refractivity contribution in [3.05, 3.63) is 166 Å². The Morgan fingerprint density at radius 3 is 1.83 bits per heavy atom. The molecular weight excluding hydrogens is 928 g/mol. The van der Waals surface area contributed by atoms with Gasteiger partial charge in [-0.1, -0.05) is 97.6 Å². The summed E-state index contributed by atoms with van der Waals surface area (Å²) in [6.45, 7) is 12.0. The lowest BCUT2D eigenvalue weighted by Gasteiger charge is -2.25. The van der Waals surface area contributed by atoms with Crippen molar-refractivity contribution in [1.29, 1.82) is 0 Å². The molecule has 1 aliphatic heterocycles. The van der Waals surface area contributed by atoms with Crippen molar-refractivity contribution in [2.75, 3.05) is 39.5 Å². The fourth-order valence-electron chi connectivity index (χ4n) is 9.78. The first-order valence-corrected chi connectivity index (χ1v) is 25.6. The molecule has 0 bridgehead atoms. The van der Waals surface area contributed by atoms with Crippen LogP contribution in [0.15, 0.2) is 127 Å². The van der Waals surface area contributed by atoms with Gasteiger partial charge >= 0.3 is 14.2 Å². The van der Waals surface area contributed by atoms with Gasteiger partial charge in [-0.15, -0.1) is 0 Å². The maximum atomic E-state index is 13.1. The molecule has 6 N–H and O–H groups in total. The van der Waals surface area contributed by atoms with Crippen molar-refractivity contribution in [1.82, 2.24) is 20.4 Å². The molecule has 374 valence electrons. The molecule has 6 aromatic carbocycles. The number of hydrogen-bond acceptors (Lipinski definition) is 11. The van der Waals surface area contributed by atoms with Crippen molar-refractivity contribution in [3.63, 3.8) is 0 Å². The summed E-state index contributed by atoms with van der Waals surface area (Å²) < 4.78 is 38.1. The normalized spacial score (nSPS) is 13.4. The summed E-state index contributed by atoms with van der Waals surface area (Å²) in [7, 11) is -3.80. The molecule has 6 aromatic rings. The number of carbonyl (C=O) groups excluding carboxylic acids is 2. The molecule has 0 radical (unpaired) electrons. The van der Waals surface area contributed by atoms with Crippen LogP contribution >= 0.6 is 0 Å². The first kappa shape index (κ1) is 53.5. The van der Waals surface area contributed by atoms with Crippen LogP contribution in [0.4, 0.5) is 5.69 Å². The third-order valence-electron chi connectivity index (χ3n) is 13.3. The Bertz CT molecular complexity index is 3190. The Morgan fingerprint density at radius 1 is 0.722 bits per heavy atom. The topological polar surface area (TPSA) is 206 Å². The molecule has 17 heteroatoms. The zero-order chi connectivity index (χ0) is 51.9. The lowest BCUT2D eigenvalue weighted by molar-refractivity contribution is -0.432. The van der Waals surface area contributed by atoms with Gasteiger partial charge in [-0.05, 0) is 125 Å². The number of amides is 2. The minimum atomic E-state index is -4.57. The lowest BCUT2D eigenvalue weighted by Crippen LogP contribution is -2.35. The second kappa shape index (κ2) is 23.1. The van der Waals surface area contributed by atoms with E-state index in [1.165, 1.54) is 0 Å². The number of rotatable bonds is 22. The molecule has 0 saturated carbocycles. The highest BCUT2D eigenvalue weighted by Gasteiger charge is 2.44. The lowest BCUT2D eigenvalue weighted by atomic mass is 9.77. The Labute approximate surface area is 423 Å². The zero-order valence-corrected chi connectivity index (χ0v) is 42.4. The molecular formula is C55H63B2N5O9S. The third-order valence-corrected chi connectivity index (χ3v) is 14.0. The first-order valence-electron chi connectivity index (χ1n) is 24.0. The van der Waals surface area contributed by atoms with Gasteiger partial charge in [0.2, 0.25) is 17.5 Å². The number of nitrogens with zero attached hydrogens (tertiary/aromatic N) is 3. The molecule has 0 unspecified atom stereocenters. The molecule has 14 nitrogen and oxygen atoms in total. The Hall–Kier alpha value is -6.27. The molecule has 0 saturated heterocycles. The van der Waals surface area contributed by atoms with Crippen LogP contribution in [-0.2, 0) is 57.7 Å². The number of carbonyl (C=O) groups is 2. The van der Waals surface area contributed by atoms with Crippen LogP contribution in [0.25, 0.3) is 27.6 Å². The monoisotopic (exact) mass is 991 g/mol. The van der Waals surface area contributed by atoms with E-state index >= 15 is 0 Å². The highest BCUT2D eigenvalue weighted by molar-refractivity contribution is 7.85. The van der Waals surface area contributed by atoms with E-state index < -0.39 is 35.5 Å². The highest BCUT2D eigenvalue weighted by Crippen LogP contribution is 2.41. The van der Waals surface area contributed by atoms with E-state index in [-0.39, 0.29) is 24.8 Å². The largest absolute Gasteiger partial charge is 0.748 e. The maximum absolute atomic E-state index is 13.1. The SMILES string of the molecule is C=C(C)C(=O)NCCCNC(=O)Cc1ccc2c(c1)C(C)(C)C(/C=C/c1ccc3c(CN(C)Cc4ccccc4B(O)O)c4ccccc4c(CN(C)Cc4ccccc4B(O)O)c3c1)=[N+]2CCS(=O)(=O)[O-]. The summed E-state index contributed by atoms with van der Waals surface area (Å²) in [5, 5.41) is 50.5. The van der Waals surface area contributed by atoms with Crippen LogP contribution in [0.1, 0.15) is 66.1 Å². The van der Waals surface area contributed by atoms with E-state index in [1.807, 2.05) is 105 Å². The van der Waals surface area contributed by atoms with Gasteiger partial charge in [-0.25, -0.2) is 8.42 Å². The van der Waals surface area contributed by atoms with Crippen LogP contribution in [-0.4, -0.2) is 119 Å². The number of fused-ring (bicyclic) bond motifs is 3. The molecule has 0 aliphatic carbocycles. The average molecular weight is 992 g/mol. The first-order chi connectivity index (χ1) is 34.2. The molecule has 1 aliphatic rings. The maximum Gasteiger partial charge on any atom is 0.488 e. The summed E-state index contributed by atoms with van der Waals surface area (Å²) in [5.41, 5.74) is 8.41. The van der Waals surface area contributed by atoms with Gasteiger partial charge in [-0.2, -0.15) is 4.58 Å². The molecule has 0 atom stereocenters. The van der Waals surface area contributed by atoms with Crippen molar-refractivity contribution < 1.29 is 47.2 Å². The van der Waals surface area contributed by atoms with E-state index in [0.717, 1.165) is 71.9 Å². The average Bonchev–Trinajstić information content (AvgIpc) is 3.54. The van der Waals surface area contributed by atoms with Crippen LogP contribution in [0, 0.1) is 0 Å².